The number of tetrazole rings is 1. The van der Waals surface area contributed by atoms with Crippen molar-refractivity contribution in [3.05, 3.63) is 44.9 Å². The minimum Gasteiger partial charge on any atom is -0.379 e. The van der Waals surface area contributed by atoms with Crippen LogP contribution in [-0.2, 0) is 24.4 Å². The molecule has 0 atom stereocenters. The van der Waals surface area contributed by atoms with Crippen molar-refractivity contribution in [2.45, 2.75) is 33.0 Å². The molecule has 4 aromatic heterocycles. The van der Waals surface area contributed by atoms with E-state index in [2.05, 4.69) is 27.3 Å². The van der Waals surface area contributed by atoms with Crippen molar-refractivity contribution in [3.63, 3.8) is 0 Å². The predicted octanol–water partition coefficient (Wildman–Crippen LogP) is 2.46. The first-order chi connectivity index (χ1) is 15.2. The van der Waals surface area contributed by atoms with E-state index in [1.54, 1.807) is 20.6 Å². The summed E-state index contributed by atoms with van der Waals surface area (Å²) in [5.41, 5.74) is 0.913. The fourth-order valence-electron chi connectivity index (χ4n) is 3.79. The summed E-state index contributed by atoms with van der Waals surface area (Å²) in [7, 11) is 0. The zero-order valence-electron chi connectivity index (χ0n) is 17.2. The minimum absolute atomic E-state index is 0.0380. The third kappa shape index (κ3) is 4.05. The predicted molar refractivity (Wildman–Crippen MR) is 120 cm³/mol. The SMILES string of the molecule is CCCn1nnnc1Cn1c(CN2CCOCC2)nc2scc(-c3cccs3)c2c1=O. The number of rotatable bonds is 7. The highest BCUT2D eigenvalue weighted by Gasteiger charge is 2.21. The van der Waals surface area contributed by atoms with Gasteiger partial charge in [-0.15, -0.1) is 27.8 Å². The number of ether oxygens (including phenoxy) is 1. The molecular weight excluding hydrogens is 434 g/mol. The van der Waals surface area contributed by atoms with Crippen LogP contribution in [0.25, 0.3) is 20.7 Å². The lowest BCUT2D eigenvalue weighted by Gasteiger charge is -2.27. The van der Waals surface area contributed by atoms with Crippen molar-refractivity contribution in [2.24, 2.45) is 0 Å². The molecule has 162 valence electrons. The van der Waals surface area contributed by atoms with E-state index < -0.39 is 0 Å². The minimum atomic E-state index is -0.0380. The van der Waals surface area contributed by atoms with E-state index in [0.29, 0.717) is 44.1 Å². The molecule has 5 rings (SSSR count). The number of nitrogens with zero attached hydrogens (tertiary/aromatic N) is 7. The maximum Gasteiger partial charge on any atom is 0.263 e. The smallest absolute Gasteiger partial charge is 0.263 e. The number of aryl methyl sites for hydroxylation is 1. The van der Waals surface area contributed by atoms with Crippen molar-refractivity contribution >= 4 is 32.9 Å². The van der Waals surface area contributed by atoms with E-state index in [9.17, 15) is 4.79 Å². The summed E-state index contributed by atoms with van der Waals surface area (Å²) in [6.07, 6.45) is 0.915. The van der Waals surface area contributed by atoms with Crippen LogP contribution in [0.15, 0.2) is 27.7 Å². The van der Waals surface area contributed by atoms with Gasteiger partial charge in [0.2, 0.25) is 0 Å². The molecule has 0 spiro atoms. The first-order valence-corrected chi connectivity index (χ1v) is 12.1. The molecule has 0 unspecified atom stereocenters. The van der Waals surface area contributed by atoms with Crippen LogP contribution in [0.1, 0.15) is 25.0 Å². The van der Waals surface area contributed by atoms with Gasteiger partial charge in [-0.3, -0.25) is 14.3 Å². The van der Waals surface area contributed by atoms with E-state index in [1.165, 1.54) is 11.3 Å². The summed E-state index contributed by atoms with van der Waals surface area (Å²) >= 11 is 3.15. The van der Waals surface area contributed by atoms with Gasteiger partial charge in [-0.1, -0.05) is 13.0 Å². The molecule has 0 saturated carbocycles. The van der Waals surface area contributed by atoms with Crippen LogP contribution < -0.4 is 5.56 Å². The summed E-state index contributed by atoms with van der Waals surface area (Å²) in [6.45, 7) is 6.73. The van der Waals surface area contributed by atoms with Crippen LogP contribution in [0.5, 0.6) is 0 Å². The van der Waals surface area contributed by atoms with Gasteiger partial charge in [0.25, 0.3) is 5.56 Å². The Kier molecular flexibility index (Phi) is 5.90. The summed E-state index contributed by atoms with van der Waals surface area (Å²) in [4.78, 5) is 22.8. The first-order valence-electron chi connectivity index (χ1n) is 10.3. The number of thiophene rings is 2. The summed E-state index contributed by atoms with van der Waals surface area (Å²) in [5.74, 6) is 1.41. The number of aromatic nitrogens is 6. The largest absolute Gasteiger partial charge is 0.379 e. The zero-order valence-corrected chi connectivity index (χ0v) is 18.9. The highest BCUT2D eigenvalue weighted by molar-refractivity contribution is 7.18. The van der Waals surface area contributed by atoms with Gasteiger partial charge >= 0.3 is 0 Å². The number of fused-ring (bicyclic) bond motifs is 1. The zero-order chi connectivity index (χ0) is 21.2. The first kappa shape index (κ1) is 20.4. The van der Waals surface area contributed by atoms with Crippen LogP contribution in [0, 0.1) is 0 Å². The quantitative estimate of drug-likeness (QED) is 0.421. The van der Waals surface area contributed by atoms with Gasteiger partial charge in [0.1, 0.15) is 10.7 Å². The van der Waals surface area contributed by atoms with Crippen LogP contribution in [0.2, 0.25) is 0 Å². The maximum atomic E-state index is 13.8. The monoisotopic (exact) mass is 457 g/mol. The lowest BCUT2D eigenvalue weighted by molar-refractivity contribution is 0.0325. The molecule has 0 aliphatic carbocycles. The van der Waals surface area contributed by atoms with Crippen molar-refractivity contribution in [2.75, 3.05) is 26.3 Å². The Hall–Kier alpha value is -2.47. The Bertz CT molecular complexity index is 1220. The molecule has 0 radical (unpaired) electrons. The van der Waals surface area contributed by atoms with E-state index in [4.69, 9.17) is 9.72 Å². The summed E-state index contributed by atoms with van der Waals surface area (Å²) in [6, 6.07) is 4.04. The molecule has 1 aliphatic heterocycles. The van der Waals surface area contributed by atoms with Crippen molar-refractivity contribution in [1.29, 1.82) is 0 Å². The van der Waals surface area contributed by atoms with Gasteiger partial charge in [0.15, 0.2) is 5.82 Å². The normalized spacial score (nSPS) is 15.1. The summed E-state index contributed by atoms with van der Waals surface area (Å²) in [5, 5.41) is 16.8. The molecule has 1 aliphatic rings. The van der Waals surface area contributed by atoms with Crippen LogP contribution in [0.3, 0.4) is 0 Å². The highest BCUT2D eigenvalue weighted by atomic mass is 32.1. The molecule has 0 aromatic carbocycles. The van der Waals surface area contributed by atoms with Gasteiger partial charge in [0, 0.05) is 35.5 Å². The van der Waals surface area contributed by atoms with E-state index >= 15 is 0 Å². The second-order valence-corrected chi connectivity index (χ2v) is 9.24. The average Bonchev–Trinajstić information content (AvgIpc) is 3.53. The van der Waals surface area contributed by atoms with E-state index in [0.717, 1.165) is 40.6 Å². The van der Waals surface area contributed by atoms with E-state index in [-0.39, 0.29) is 5.56 Å². The second-order valence-electron chi connectivity index (χ2n) is 7.43. The van der Waals surface area contributed by atoms with E-state index in [1.807, 2.05) is 22.9 Å². The van der Waals surface area contributed by atoms with Crippen molar-refractivity contribution < 1.29 is 4.74 Å². The Morgan fingerprint density at radius 3 is 2.81 bits per heavy atom. The molecular formula is C20H23N7O2S2. The number of morpholine rings is 1. The fourth-order valence-corrected chi connectivity index (χ4v) is 5.56. The standard InChI is InChI=1S/C20H23N7O2S2/c1-2-5-27-17(22-23-24-27)12-26-16(11-25-6-8-29-9-7-25)21-19-18(20(26)28)14(13-31-19)15-4-3-10-30-15/h3-4,10,13H,2,5-9,11-12H2,1H3. The molecule has 0 bridgehead atoms. The molecule has 9 nitrogen and oxygen atoms in total. The molecule has 5 heterocycles. The van der Waals surface area contributed by atoms with Gasteiger partial charge in [-0.2, -0.15) is 0 Å². The van der Waals surface area contributed by atoms with Crippen molar-refractivity contribution in [3.8, 4) is 10.4 Å². The van der Waals surface area contributed by atoms with Gasteiger partial charge < -0.3 is 4.74 Å². The van der Waals surface area contributed by atoms with Gasteiger partial charge in [-0.25, -0.2) is 9.67 Å². The highest BCUT2D eigenvalue weighted by Crippen LogP contribution is 2.33. The molecule has 31 heavy (non-hydrogen) atoms. The van der Waals surface area contributed by atoms with Crippen LogP contribution in [0.4, 0.5) is 0 Å². The lowest BCUT2D eigenvalue weighted by atomic mass is 10.2. The fraction of sp³-hybridized carbons (Fsp3) is 0.450. The Labute approximate surface area is 186 Å². The number of hydrogen-bond acceptors (Lipinski definition) is 9. The van der Waals surface area contributed by atoms with Crippen molar-refractivity contribution in [1.82, 2.24) is 34.7 Å². The summed E-state index contributed by atoms with van der Waals surface area (Å²) < 4.78 is 8.99. The molecule has 11 heteroatoms. The molecule has 0 amide bonds. The Balaban J connectivity index is 1.62. The Morgan fingerprint density at radius 1 is 1.16 bits per heavy atom. The third-order valence-corrected chi connectivity index (χ3v) is 7.14. The second kappa shape index (κ2) is 8.95. The van der Waals surface area contributed by atoms with Crippen LogP contribution >= 0.6 is 22.7 Å². The maximum absolute atomic E-state index is 13.8. The van der Waals surface area contributed by atoms with Gasteiger partial charge in [0.05, 0.1) is 31.7 Å². The molecule has 4 aromatic rings. The molecule has 0 N–H and O–H groups in total. The Morgan fingerprint density at radius 2 is 2.03 bits per heavy atom. The van der Waals surface area contributed by atoms with Crippen LogP contribution in [-0.4, -0.2) is 61.0 Å². The molecule has 1 saturated heterocycles. The molecule has 1 fully saturated rings. The van der Waals surface area contributed by atoms with Gasteiger partial charge in [-0.05, 0) is 28.3 Å². The average molecular weight is 458 g/mol. The topological polar surface area (TPSA) is 91.0 Å². The number of hydrogen-bond donors (Lipinski definition) is 0. The third-order valence-electron chi connectivity index (χ3n) is 5.37. The lowest BCUT2D eigenvalue weighted by Crippen LogP contribution is -2.38.